The van der Waals surface area contributed by atoms with Crippen molar-refractivity contribution in [3.8, 4) is 0 Å². The molecule has 100 valence electrons. The Morgan fingerprint density at radius 3 is 3.00 bits per heavy atom. The van der Waals surface area contributed by atoms with Crippen molar-refractivity contribution in [1.82, 2.24) is 10.3 Å². The molecular weight excluding hydrogens is 228 g/mol. The minimum Gasteiger partial charge on any atom is -0.393 e. The minimum atomic E-state index is -0.307. The summed E-state index contributed by atoms with van der Waals surface area (Å²) in [6.07, 6.45) is 4.96. The second-order valence-electron chi connectivity index (χ2n) is 4.38. The molecule has 1 heterocycles. The number of nitrogens with one attached hydrogen (secondary N) is 1. The molecular formula is C14H22N2O2. The fourth-order valence-corrected chi connectivity index (χ4v) is 1.65. The summed E-state index contributed by atoms with van der Waals surface area (Å²) in [6, 6.07) is 5.80. The quantitative estimate of drug-likeness (QED) is 0.738. The molecule has 1 unspecified atom stereocenters. The second-order valence-corrected chi connectivity index (χ2v) is 4.38. The molecule has 1 atom stereocenters. The predicted octanol–water partition coefficient (Wildman–Crippen LogP) is 1.68. The number of carbonyl (C=O) groups excluding carboxylic acids is 1. The van der Waals surface area contributed by atoms with E-state index in [9.17, 15) is 9.90 Å². The van der Waals surface area contributed by atoms with Crippen molar-refractivity contribution in [3.63, 3.8) is 0 Å². The third-order valence-corrected chi connectivity index (χ3v) is 2.83. The van der Waals surface area contributed by atoms with E-state index in [-0.39, 0.29) is 12.0 Å². The van der Waals surface area contributed by atoms with E-state index in [4.69, 9.17) is 0 Å². The van der Waals surface area contributed by atoms with Gasteiger partial charge in [0.2, 0.25) is 5.91 Å². The van der Waals surface area contributed by atoms with Gasteiger partial charge in [-0.15, -0.1) is 0 Å². The molecule has 0 radical (unpaired) electrons. The summed E-state index contributed by atoms with van der Waals surface area (Å²) in [5.74, 6) is 0.0502. The maximum absolute atomic E-state index is 11.5. The van der Waals surface area contributed by atoms with Gasteiger partial charge in [0.1, 0.15) is 0 Å². The zero-order valence-corrected chi connectivity index (χ0v) is 10.9. The Labute approximate surface area is 108 Å². The standard InChI is InChI=1S/C14H22N2O2/c1-2-13(17)9-11-16-14(18)8-5-7-12-6-3-4-10-15-12/h3-4,6,10,13,17H,2,5,7-9,11H2,1H3,(H,16,18). The summed E-state index contributed by atoms with van der Waals surface area (Å²) in [5, 5.41) is 12.2. The van der Waals surface area contributed by atoms with Gasteiger partial charge in [-0.05, 0) is 37.8 Å². The van der Waals surface area contributed by atoms with Crippen LogP contribution in [-0.4, -0.2) is 28.6 Å². The van der Waals surface area contributed by atoms with Crippen molar-refractivity contribution in [3.05, 3.63) is 30.1 Å². The average Bonchev–Trinajstić information content (AvgIpc) is 2.39. The summed E-state index contributed by atoms with van der Waals surface area (Å²) in [7, 11) is 0. The zero-order valence-electron chi connectivity index (χ0n) is 10.9. The molecule has 0 bridgehead atoms. The first-order chi connectivity index (χ1) is 8.72. The summed E-state index contributed by atoms with van der Waals surface area (Å²) >= 11 is 0. The lowest BCUT2D eigenvalue weighted by molar-refractivity contribution is -0.121. The maximum Gasteiger partial charge on any atom is 0.220 e. The molecule has 0 saturated carbocycles. The third-order valence-electron chi connectivity index (χ3n) is 2.83. The van der Waals surface area contributed by atoms with Gasteiger partial charge >= 0.3 is 0 Å². The number of aryl methyl sites for hydroxylation is 1. The van der Waals surface area contributed by atoms with Crippen LogP contribution in [0.5, 0.6) is 0 Å². The van der Waals surface area contributed by atoms with Gasteiger partial charge in [-0.3, -0.25) is 9.78 Å². The number of aliphatic hydroxyl groups is 1. The van der Waals surface area contributed by atoms with Gasteiger partial charge < -0.3 is 10.4 Å². The molecule has 2 N–H and O–H groups in total. The van der Waals surface area contributed by atoms with Crippen molar-refractivity contribution in [2.24, 2.45) is 0 Å². The first-order valence-corrected chi connectivity index (χ1v) is 6.57. The van der Waals surface area contributed by atoms with E-state index < -0.39 is 0 Å². The van der Waals surface area contributed by atoms with E-state index in [0.717, 1.165) is 25.0 Å². The fraction of sp³-hybridized carbons (Fsp3) is 0.571. The number of carbonyl (C=O) groups is 1. The van der Waals surface area contributed by atoms with Crippen LogP contribution in [0.2, 0.25) is 0 Å². The maximum atomic E-state index is 11.5. The highest BCUT2D eigenvalue weighted by atomic mass is 16.3. The van der Waals surface area contributed by atoms with E-state index in [1.54, 1.807) is 6.20 Å². The molecule has 18 heavy (non-hydrogen) atoms. The molecule has 1 amide bonds. The van der Waals surface area contributed by atoms with E-state index in [2.05, 4.69) is 10.3 Å². The van der Waals surface area contributed by atoms with Gasteiger partial charge in [-0.25, -0.2) is 0 Å². The predicted molar refractivity (Wildman–Crippen MR) is 71.1 cm³/mol. The molecule has 1 aromatic rings. The van der Waals surface area contributed by atoms with Crippen LogP contribution in [0, 0.1) is 0 Å². The second kappa shape index (κ2) is 8.64. The lowest BCUT2D eigenvalue weighted by atomic mass is 10.1. The number of hydrogen-bond donors (Lipinski definition) is 2. The van der Waals surface area contributed by atoms with Crippen LogP contribution in [0.4, 0.5) is 0 Å². The number of aromatic nitrogens is 1. The first-order valence-electron chi connectivity index (χ1n) is 6.57. The summed E-state index contributed by atoms with van der Waals surface area (Å²) < 4.78 is 0. The van der Waals surface area contributed by atoms with E-state index in [1.165, 1.54) is 0 Å². The molecule has 0 aromatic carbocycles. The largest absolute Gasteiger partial charge is 0.393 e. The molecule has 4 nitrogen and oxygen atoms in total. The van der Waals surface area contributed by atoms with Crippen LogP contribution < -0.4 is 5.32 Å². The Kier molecular flexibility index (Phi) is 7.03. The molecule has 1 aromatic heterocycles. The number of amides is 1. The number of rotatable bonds is 8. The first kappa shape index (κ1) is 14.6. The molecule has 1 rings (SSSR count). The summed E-state index contributed by atoms with van der Waals surface area (Å²) in [5.41, 5.74) is 1.02. The van der Waals surface area contributed by atoms with E-state index in [1.807, 2.05) is 25.1 Å². The number of aliphatic hydroxyl groups excluding tert-OH is 1. The van der Waals surface area contributed by atoms with Gasteiger partial charge in [0, 0.05) is 24.9 Å². The Balaban J connectivity index is 2.07. The van der Waals surface area contributed by atoms with Crippen molar-refractivity contribution >= 4 is 5.91 Å². The zero-order chi connectivity index (χ0) is 13.2. The topological polar surface area (TPSA) is 62.2 Å². The molecule has 0 saturated heterocycles. The molecule has 0 aliphatic carbocycles. The van der Waals surface area contributed by atoms with E-state index in [0.29, 0.717) is 19.4 Å². The van der Waals surface area contributed by atoms with Gasteiger partial charge in [0.15, 0.2) is 0 Å². The van der Waals surface area contributed by atoms with Crippen LogP contribution in [0.3, 0.4) is 0 Å². The van der Waals surface area contributed by atoms with Crippen molar-refractivity contribution in [1.29, 1.82) is 0 Å². The fourth-order valence-electron chi connectivity index (χ4n) is 1.65. The molecule has 0 aliphatic rings. The van der Waals surface area contributed by atoms with Gasteiger partial charge in [-0.2, -0.15) is 0 Å². The molecule has 0 spiro atoms. The normalized spacial score (nSPS) is 12.1. The van der Waals surface area contributed by atoms with Crippen LogP contribution in [0.15, 0.2) is 24.4 Å². The average molecular weight is 250 g/mol. The number of pyridine rings is 1. The highest BCUT2D eigenvalue weighted by molar-refractivity contribution is 5.75. The third kappa shape index (κ3) is 6.35. The SMILES string of the molecule is CCC(O)CCNC(=O)CCCc1ccccn1. The number of nitrogens with zero attached hydrogens (tertiary/aromatic N) is 1. The van der Waals surface area contributed by atoms with Crippen LogP contribution in [0.1, 0.15) is 38.3 Å². The minimum absolute atomic E-state index is 0.0502. The van der Waals surface area contributed by atoms with Crippen molar-refractivity contribution in [2.75, 3.05) is 6.54 Å². The Hall–Kier alpha value is -1.42. The summed E-state index contributed by atoms with van der Waals surface area (Å²) in [6.45, 7) is 2.48. The monoisotopic (exact) mass is 250 g/mol. The van der Waals surface area contributed by atoms with Gasteiger partial charge in [0.25, 0.3) is 0 Å². The lowest BCUT2D eigenvalue weighted by Gasteiger charge is -2.08. The highest BCUT2D eigenvalue weighted by Crippen LogP contribution is 2.01. The van der Waals surface area contributed by atoms with E-state index >= 15 is 0 Å². The Morgan fingerprint density at radius 1 is 1.50 bits per heavy atom. The highest BCUT2D eigenvalue weighted by Gasteiger charge is 2.04. The van der Waals surface area contributed by atoms with Crippen LogP contribution >= 0.6 is 0 Å². The smallest absolute Gasteiger partial charge is 0.220 e. The Bertz CT molecular complexity index is 341. The molecule has 0 fully saturated rings. The van der Waals surface area contributed by atoms with Crippen LogP contribution in [-0.2, 0) is 11.2 Å². The van der Waals surface area contributed by atoms with Crippen molar-refractivity contribution in [2.45, 2.75) is 45.1 Å². The van der Waals surface area contributed by atoms with Gasteiger partial charge in [-0.1, -0.05) is 13.0 Å². The molecule has 0 aliphatic heterocycles. The lowest BCUT2D eigenvalue weighted by Crippen LogP contribution is -2.26. The molecule has 4 heteroatoms. The summed E-state index contributed by atoms with van der Waals surface area (Å²) in [4.78, 5) is 15.7. The number of hydrogen-bond acceptors (Lipinski definition) is 3. The van der Waals surface area contributed by atoms with Gasteiger partial charge in [0.05, 0.1) is 6.10 Å². The van der Waals surface area contributed by atoms with Crippen molar-refractivity contribution < 1.29 is 9.90 Å². The Morgan fingerprint density at radius 2 is 2.33 bits per heavy atom. The van der Waals surface area contributed by atoms with Crippen LogP contribution in [0.25, 0.3) is 0 Å².